The molecule has 1 fully saturated rings. The summed E-state index contributed by atoms with van der Waals surface area (Å²) in [5.41, 5.74) is 3.81. The van der Waals surface area contributed by atoms with E-state index in [2.05, 4.69) is 18.4 Å². The van der Waals surface area contributed by atoms with Crippen LogP contribution in [0.5, 0.6) is 11.5 Å². The second-order valence-corrected chi connectivity index (χ2v) is 10.7. The molecule has 9 heteroatoms. The van der Waals surface area contributed by atoms with E-state index in [1.165, 1.54) is 0 Å². The Kier molecular flexibility index (Phi) is 10.3. The number of unbranched alkanes of at least 4 members (excludes halogenated alkanes) is 2. The number of carbonyl (C=O) groups is 1. The SMILES string of the molecule is Cl.[NH3+]CCCCCC(=O)N1C[C@H](CS(=O)(=O)c2ccc(Oc3ccccc3)cc2)[C@@H](S)C1. The highest BCUT2D eigenvalue weighted by atomic mass is 35.5. The Hall–Kier alpha value is -1.74. The lowest BCUT2D eigenvalue weighted by atomic mass is 10.1. The maximum Gasteiger partial charge on any atom is 0.222 e. The molecule has 1 heterocycles. The van der Waals surface area contributed by atoms with Gasteiger partial charge in [0.1, 0.15) is 11.5 Å². The van der Waals surface area contributed by atoms with Gasteiger partial charge in [-0.05, 0) is 55.7 Å². The molecular weight excluding hydrogens is 468 g/mol. The lowest BCUT2D eigenvalue weighted by molar-refractivity contribution is -0.368. The van der Waals surface area contributed by atoms with Crippen molar-refractivity contribution < 1.29 is 23.7 Å². The highest BCUT2D eigenvalue weighted by Crippen LogP contribution is 2.28. The summed E-state index contributed by atoms with van der Waals surface area (Å²) < 4.78 is 31.6. The summed E-state index contributed by atoms with van der Waals surface area (Å²) in [7, 11) is -3.49. The zero-order valence-electron chi connectivity index (χ0n) is 18.1. The van der Waals surface area contributed by atoms with Crippen molar-refractivity contribution >= 4 is 40.8 Å². The minimum Gasteiger partial charge on any atom is -0.457 e. The van der Waals surface area contributed by atoms with Crippen LogP contribution in [0.4, 0.5) is 0 Å². The zero-order chi connectivity index (χ0) is 22.3. The van der Waals surface area contributed by atoms with Crippen molar-refractivity contribution in [1.82, 2.24) is 4.90 Å². The third-order valence-corrected chi connectivity index (χ3v) is 7.94. The third kappa shape index (κ3) is 7.40. The lowest BCUT2D eigenvalue weighted by Crippen LogP contribution is -2.50. The second-order valence-electron chi connectivity index (χ2n) is 7.96. The molecule has 1 aliphatic heterocycles. The second kappa shape index (κ2) is 12.5. The average Bonchev–Trinajstić information content (AvgIpc) is 3.12. The van der Waals surface area contributed by atoms with Gasteiger partial charge in [-0.1, -0.05) is 18.2 Å². The van der Waals surface area contributed by atoms with Gasteiger partial charge >= 0.3 is 0 Å². The highest BCUT2D eigenvalue weighted by Gasteiger charge is 2.36. The highest BCUT2D eigenvalue weighted by molar-refractivity contribution is 7.91. The molecule has 2 atom stereocenters. The molecule has 0 bridgehead atoms. The molecular formula is C23H32ClN2O4S2+. The predicted octanol–water partition coefficient (Wildman–Crippen LogP) is 3.23. The molecule has 1 aliphatic rings. The number of halogens is 1. The van der Waals surface area contributed by atoms with Gasteiger partial charge in [-0.25, -0.2) is 8.42 Å². The van der Waals surface area contributed by atoms with Gasteiger partial charge in [0.05, 0.1) is 17.2 Å². The van der Waals surface area contributed by atoms with Crippen molar-refractivity contribution in [2.24, 2.45) is 5.92 Å². The Morgan fingerprint density at radius 1 is 1.00 bits per heavy atom. The summed E-state index contributed by atoms with van der Waals surface area (Å²) in [4.78, 5) is 14.5. The number of likely N-dealkylation sites (tertiary alicyclic amines) is 1. The van der Waals surface area contributed by atoms with E-state index in [0.29, 0.717) is 31.0 Å². The molecule has 0 spiro atoms. The molecule has 32 heavy (non-hydrogen) atoms. The van der Waals surface area contributed by atoms with E-state index in [-0.39, 0.29) is 40.1 Å². The number of ether oxygens (including phenoxy) is 1. The van der Waals surface area contributed by atoms with Crippen LogP contribution < -0.4 is 10.5 Å². The number of benzene rings is 2. The van der Waals surface area contributed by atoms with Crippen molar-refractivity contribution in [3.63, 3.8) is 0 Å². The molecule has 0 unspecified atom stereocenters. The maximum atomic E-state index is 12.9. The van der Waals surface area contributed by atoms with E-state index in [1.807, 2.05) is 30.3 Å². The van der Waals surface area contributed by atoms with Crippen LogP contribution in [-0.4, -0.2) is 49.9 Å². The number of carbonyl (C=O) groups excluding carboxylic acids is 1. The van der Waals surface area contributed by atoms with E-state index >= 15 is 0 Å². The number of quaternary nitrogens is 1. The average molecular weight is 500 g/mol. The number of para-hydroxylation sites is 1. The van der Waals surface area contributed by atoms with Crippen molar-refractivity contribution in [2.75, 3.05) is 25.4 Å². The molecule has 2 aromatic rings. The van der Waals surface area contributed by atoms with Crippen molar-refractivity contribution in [3.05, 3.63) is 54.6 Å². The Balaban J connectivity index is 0.00000363. The first-order valence-corrected chi connectivity index (χ1v) is 12.9. The van der Waals surface area contributed by atoms with Crippen LogP contribution in [-0.2, 0) is 14.6 Å². The molecule has 1 amide bonds. The van der Waals surface area contributed by atoms with Gasteiger partial charge in [0.15, 0.2) is 9.84 Å². The Labute approximate surface area is 202 Å². The van der Waals surface area contributed by atoms with Crippen molar-refractivity contribution in [1.29, 1.82) is 0 Å². The van der Waals surface area contributed by atoms with Gasteiger partial charge in [0.2, 0.25) is 5.91 Å². The van der Waals surface area contributed by atoms with Crippen molar-refractivity contribution in [3.8, 4) is 11.5 Å². The summed E-state index contributed by atoms with van der Waals surface area (Å²) in [6.45, 7) is 1.83. The van der Waals surface area contributed by atoms with Crippen LogP contribution in [0.3, 0.4) is 0 Å². The van der Waals surface area contributed by atoms with E-state index in [9.17, 15) is 13.2 Å². The standard InChI is InChI=1S/C23H30N2O4S2.ClH/c24-14-6-2-5-9-23(26)25-15-18(22(30)16-25)17-31(27,28)21-12-10-20(11-13-21)29-19-7-3-1-4-8-19;/h1,3-4,7-8,10-13,18,22,30H,2,5-6,9,14-17,24H2;1H/p+1/t18-,22+;/m1./s1. The van der Waals surface area contributed by atoms with Crippen LogP contribution >= 0.6 is 25.0 Å². The quantitative estimate of drug-likeness (QED) is 0.388. The van der Waals surface area contributed by atoms with Gasteiger partial charge in [-0.15, -0.1) is 12.4 Å². The van der Waals surface area contributed by atoms with Gasteiger partial charge < -0.3 is 15.4 Å². The Morgan fingerprint density at radius 3 is 2.31 bits per heavy atom. The van der Waals surface area contributed by atoms with Gasteiger partial charge in [0.25, 0.3) is 0 Å². The fourth-order valence-electron chi connectivity index (χ4n) is 3.73. The predicted molar refractivity (Wildman–Crippen MR) is 131 cm³/mol. The minimum atomic E-state index is -3.49. The van der Waals surface area contributed by atoms with E-state index in [1.54, 1.807) is 29.2 Å². The number of sulfone groups is 1. The number of rotatable bonds is 10. The first-order valence-electron chi connectivity index (χ1n) is 10.7. The van der Waals surface area contributed by atoms with Crippen LogP contribution in [0.15, 0.2) is 59.5 Å². The zero-order valence-corrected chi connectivity index (χ0v) is 20.6. The van der Waals surface area contributed by atoms with Gasteiger partial charge in [-0.2, -0.15) is 12.6 Å². The number of amides is 1. The molecule has 3 N–H and O–H groups in total. The third-order valence-electron chi connectivity index (χ3n) is 5.50. The largest absolute Gasteiger partial charge is 0.457 e. The van der Waals surface area contributed by atoms with Crippen LogP contribution in [0, 0.1) is 5.92 Å². The van der Waals surface area contributed by atoms with E-state index < -0.39 is 9.84 Å². The summed E-state index contributed by atoms with van der Waals surface area (Å²) >= 11 is 4.58. The molecule has 0 radical (unpaired) electrons. The smallest absolute Gasteiger partial charge is 0.222 e. The van der Waals surface area contributed by atoms with Gasteiger partial charge in [0, 0.05) is 30.7 Å². The summed E-state index contributed by atoms with van der Waals surface area (Å²) in [6, 6.07) is 15.8. The van der Waals surface area contributed by atoms with Crippen LogP contribution in [0.2, 0.25) is 0 Å². The maximum absolute atomic E-state index is 12.9. The normalized spacial score (nSPS) is 18.2. The first kappa shape index (κ1) is 26.5. The molecule has 176 valence electrons. The molecule has 0 saturated carbocycles. The van der Waals surface area contributed by atoms with E-state index in [0.717, 1.165) is 25.8 Å². The first-order chi connectivity index (χ1) is 14.9. The minimum absolute atomic E-state index is 0. The number of hydrogen-bond acceptors (Lipinski definition) is 5. The van der Waals surface area contributed by atoms with Crippen molar-refractivity contribution in [2.45, 2.75) is 35.8 Å². The topological polar surface area (TPSA) is 91.3 Å². The number of hydrogen-bond donors (Lipinski definition) is 2. The monoisotopic (exact) mass is 499 g/mol. The van der Waals surface area contributed by atoms with E-state index in [4.69, 9.17) is 4.74 Å². The molecule has 0 aromatic heterocycles. The molecule has 0 aliphatic carbocycles. The molecule has 3 rings (SSSR count). The lowest BCUT2D eigenvalue weighted by Gasteiger charge is -2.16. The Morgan fingerprint density at radius 2 is 1.66 bits per heavy atom. The Bertz CT molecular complexity index is 956. The van der Waals surface area contributed by atoms with Crippen LogP contribution in [0.1, 0.15) is 25.7 Å². The molecule has 1 saturated heterocycles. The fraction of sp³-hybridized carbons (Fsp3) is 0.435. The summed E-state index contributed by atoms with van der Waals surface area (Å²) in [6.07, 6.45) is 3.37. The van der Waals surface area contributed by atoms with Gasteiger partial charge in [-0.3, -0.25) is 4.79 Å². The number of nitrogens with zero attached hydrogens (tertiary/aromatic N) is 1. The summed E-state index contributed by atoms with van der Waals surface area (Å²) in [5, 5.41) is -0.140. The summed E-state index contributed by atoms with van der Waals surface area (Å²) in [5.74, 6) is 1.15. The fourth-order valence-corrected chi connectivity index (χ4v) is 5.91. The molecule has 2 aromatic carbocycles. The number of thiol groups is 1. The molecule has 6 nitrogen and oxygen atoms in total. The van der Waals surface area contributed by atoms with Crippen LogP contribution in [0.25, 0.3) is 0 Å².